The second-order valence-corrected chi connectivity index (χ2v) is 6.99. The van der Waals surface area contributed by atoms with Crippen molar-refractivity contribution >= 4 is 26.4 Å². The van der Waals surface area contributed by atoms with Crippen LogP contribution in [0.15, 0.2) is 0 Å². The Balaban J connectivity index is 3.04. The quantitative estimate of drug-likeness (QED) is 0.856. The van der Waals surface area contributed by atoms with Crippen LogP contribution in [-0.2, 0) is 4.79 Å². The van der Waals surface area contributed by atoms with Gasteiger partial charge >= 0.3 is 87.4 Å². The van der Waals surface area contributed by atoms with Crippen LogP contribution in [0.2, 0.25) is 0 Å². The molecular weight excluding hydrogens is 282 g/mol. The van der Waals surface area contributed by atoms with E-state index in [-0.39, 0.29) is 26.3 Å². The predicted molar refractivity (Wildman–Crippen MR) is 51.3 cm³/mol. The summed E-state index contributed by atoms with van der Waals surface area (Å²) in [6, 6.07) is 0. The van der Waals surface area contributed by atoms with Crippen LogP contribution in [0.5, 0.6) is 0 Å². The van der Waals surface area contributed by atoms with Crippen LogP contribution in [0, 0.1) is 13.8 Å². The maximum atomic E-state index is 10.9. The Hall–Kier alpha value is -0.330. The number of nitrogens with zero attached hydrogens (tertiary/aromatic N) is 1. The molecule has 1 rings (SSSR count). The molecule has 1 aromatic heterocycles. The number of hydrogen-bond donors (Lipinski definition) is 1. The molecule has 0 spiro atoms. The second-order valence-electron chi connectivity index (χ2n) is 2.97. The molecule has 4 heteroatoms. The number of aryl methyl sites for hydroxylation is 2. The summed E-state index contributed by atoms with van der Waals surface area (Å²) in [5.74, 6) is -1.13. The normalized spacial score (nSPS) is 12.8. The van der Waals surface area contributed by atoms with Gasteiger partial charge in [-0.1, -0.05) is 0 Å². The molecule has 13 heavy (non-hydrogen) atoms. The summed E-state index contributed by atoms with van der Waals surface area (Å²) in [6.07, 6.45) is 0.631. The van der Waals surface area contributed by atoms with E-state index in [0.717, 1.165) is 9.40 Å². The molecule has 0 saturated heterocycles. The standard InChI is InChI=1S/C9H13NO2Te/c1-4-7(9(11)12)8-5(2)13-6(3)10-8/h7H,4H2,1-3H3,(H,11,12). The van der Waals surface area contributed by atoms with Crippen molar-refractivity contribution in [1.82, 2.24) is 4.98 Å². The first-order chi connectivity index (χ1) is 6.06. The number of aromatic nitrogens is 1. The molecule has 0 saturated carbocycles. The number of aliphatic carboxylic acids is 1. The van der Waals surface area contributed by atoms with Crippen LogP contribution >= 0.6 is 0 Å². The van der Waals surface area contributed by atoms with Gasteiger partial charge in [0, 0.05) is 0 Å². The van der Waals surface area contributed by atoms with Crippen LogP contribution in [0.3, 0.4) is 0 Å². The molecular formula is C9H13NO2Te. The van der Waals surface area contributed by atoms with Crippen molar-refractivity contribution < 1.29 is 9.90 Å². The van der Waals surface area contributed by atoms with E-state index in [0.29, 0.717) is 6.42 Å². The van der Waals surface area contributed by atoms with Crippen LogP contribution in [0.1, 0.15) is 32.2 Å². The van der Waals surface area contributed by atoms with Gasteiger partial charge in [-0.2, -0.15) is 0 Å². The Kier molecular flexibility index (Phi) is 3.52. The fourth-order valence-electron chi connectivity index (χ4n) is 1.35. The van der Waals surface area contributed by atoms with Crippen molar-refractivity contribution in [3.05, 3.63) is 13.0 Å². The molecule has 0 aliphatic rings. The van der Waals surface area contributed by atoms with Crippen LogP contribution < -0.4 is 0 Å². The summed E-state index contributed by atoms with van der Waals surface area (Å²) in [5, 5.41) is 8.95. The third-order valence-electron chi connectivity index (χ3n) is 1.98. The fraction of sp³-hybridized carbons (Fsp3) is 0.556. The van der Waals surface area contributed by atoms with Gasteiger partial charge in [0.05, 0.1) is 0 Å². The average molecular weight is 295 g/mol. The van der Waals surface area contributed by atoms with Crippen molar-refractivity contribution in [2.24, 2.45) is 0 Å². The first-order valence-electron chi connectivity index (χ1n) is 4.23. The molecule has 1 aromatic rings. The number of carboxylic acids is 1. The molecule has 1 atom stereocenters. The van der Waals surface area contributed by atoms with E-state index in [9.17, 15) is 4.79 Å². The number of rotatable bonds is 3. The minimum absolute atomic E-state index is 0.296. The number of carbonyl (C=O) groups is 1. The topological polar surface area (TPSA) is 50.2 Å². The SMILES string of the molecule is CCC(C(=O)O)c1nc(C)[te]c1C. The fourth-order valence-corrected chi connectivity index (χ4v) is 3.86. The molecule has 3 nitrogen and oxygen atoms in total. The zero-order valence-corrected chi connectivity index (χ0v) is 10.3. The van der Waals surface area contributed by atoms with Crippen LogP contribution in [0.25, 0.3) is 0 Å². The monoisotopic (exact) mass is 297 g/mol. The van der Waals surface area contributed by atoms with E-state index >= 15 is 0 Å². The van der Waals surface area contributed by atoms with Gasteiger partial charge in [0.15, 0.2) is 0 Å². The van der Waals surface area contributed by atoms with Crippen molar-refractivity contribution in [3.63, 3.8) is 0 Å². The zero-order valence-electron chi connectivity index (χ0n) is 8.00. The van der Waals surface area contributed by atoms with Gasteiger partial charge in [0.1, 0.15) is 0 Å². The third-order valence-corrected chi connectivity index (χ3v) is 4.55. The molecule has 0 bridgehead atoms. The Morgan fingerprint density at radius 3 is 2.54 bits per heavy atom. The summed E-state index contributed by atoms with van der Waals surface area (Å²) >= 11 is -0.296. The molecule has 0 aliphatic heterocycles. The molecule has 0 aromatic carbocycles. The van der Waals surface area contributed by atoms with Gasteiger partial charge in [0.2, 0.25) is 0 Å². The second kappa shape index (κ2) is 4.25. The Labute approximate surface area is 87.4 Å². The maximum absolute atomic E-state index is 10.9. The Morgan fingerprint density at radius 1 is 1.62 bits per heavy atom. The first kappa shape index (κ1) is 10.7. The molecule has 0 fully saturated rings. The molecule has 1 heterocycles. The van der Waals surface area contributed by atoms with Crippen LogP contribution in [0.4, 0.5) is 0 Å². The van der Waals surface area contributed by atoms with Gasteiger partial charge in [-0.05, 0) is 0 Å². The molecule has 1 N–H and O–H groups in total. The summed E-state index contributed by atoms with van der Waals surface area (Å²) in [7, 11) is 0. The first-order valence-corrected chi connectivity index (χ1v) is 6.56. The van der Waals surface area contributed by atoms with Crippen molar-refractivity contribution in [2.75, 3.05) is 0 Å². The molecule has 1 unspecified atom stereocenters. The number of carboxylic acid groups (broad SMARTS) is 1. The van der Waals surface area contributed by atoms with E-state index in [1.807, 2.05) is 20.8 Å². The molecule has 72 valence electrons. The summed E-state index contributed by atoms with van der Waals surface area (Å²) in [4.78, 5) is 15.2. The molecule has 0 aliphatic carbocycles. The Morgan fingerprint density at radius 2 is 2.23 bits per heavy atom. The van der Waals surface area contributed by atoms with E-state index in [1.165, 1.54) is 3.58 Å². The third kappa shape index (κ3) is 2.32. The van der Waals surface area contributed by atoms with Crippen molar-refractivity contribution in [1.29, 1.82) is 0 Å². The summed E-state index contributed by atoms with van der Waals surface area (Å²) < 4.78 is 2.38. The summed E-state index contributed by atoms with van der Waals surface area (Å²) in [5.41, 5.74) is 0.829. The van der Waals surface area contributed by atoms with E-state index in [2.05, 4.69) is 4.98 Å². The molecule has 0 radical (unpaired) electrons. The van der Waals surface area contributed by atoms with Gasteiger partial charge in [-0.25, -0.2) is 0 Å². The minimum atomic E-state index is -0.747. The molecule has 0 amide bonds. The van der Waals surface area contributed by atoms with Crippen LogP contribution in [-0.4, -0.2) is 36.5 Å². The predicted octanol–water partition coefficient (Wildman–Crippen LogP) is 1.33. The average Bonchev–Trinajstić information content (AvgIpc) is 2.31. The van der Waals surface area contributed by atoms with Crippen molar-refractivity contribution in [2.45, 2.75) is 33.1 Å². The number of hydrogen-bond acceptors (Lipinski definition) is 2. The van der Waals surface area contributed by atoms with Gasteiger partial charge < -0.3 is 0 Å². The van der Waals surface area contributed by atoms with E-state index in [4.69, 9.17) is 5.11 Å². The van der Waals surface area contributed by atoms with Crippen molar-refractivity contribution in [3.8, 4) is 0 Å². The van der Waals surface area contributed by atoms with Gasteiger partial charge in [0.25, 0.3) is 0 Å². The van der Waals surface area contributed by atoms with Gasteiger partial charge in [-0.15, -0.1) is 0 Å². The van der Waals surface area contributed by atoms with Gasteiger partial charge in [-0.3, -0.25) is 0 Å². The van der Waals surface area contributed by atoms with E-state index in [1.54, 1.807) is 0 Å². The Bertz CT molecular complexity index is 319. The zero-order chi connectivity index (χ0) is 10.0. The summed E-state index contributed by atoms with van der Waals surface area (Å²) in [6.45, 7) is 5.90. The van der Waals surface area contributed by atoms with E-state index < -0.39 is 5.97 Å².